The summed E-state index contributed by atoms with van der Waals surface area (Å²) in [4.78, 5) is 32.6. The predicted octanol–water partition coefficient (Wildman–Crippen LogP) is 2.25. The molecule has 0 aromatic heterocycles. The van der Waals surface area contributed by atoms with Crippen LogP contribution in [0.3, 0.4) is 0 Å². The van der Waals surface area contributed by atoms with Gasteiger partial charge in [-0.05, 0) is 24.3 Å². The Labute approximate surface area is 142 Å². The van der Waals surface area contributed by atoms with Gasteiger partial charge in [0, 0.05) is 20.1 Å². The summed E-state index contributed by atoms with van der Waals surface area (Å²) in [7, 11) is 3.07. The topological polar surface area (TPSA) is 49.9 Å². The number of fused-ring (bicyclic) bond motifs is 1. The summed E-state index contributed by atoms with van der Waals surface area (Å²) < 4.78 is 0. The molecule has 2 aliphatic rings. The van der Waals surface area contributed by atoms with Gasteiger partial charge in [-0.2, -0.15) is 0 Å². The number of carbonyl (C=O) groups excluding carboxylic acids is 2. The summed E-state index contributed by atoms with van der Waals surface area (Å²) in [5.41, 5.74) is 1.12. The maximum absolute atomic E-state index is 13.1. The smallest absolute Gasteiger partial charge is 0.250 e. The number of hydrogen-bond acceptors (Lipinski definition) is 3. The molecule has 5 heteroatoms. The summed E-state index contributed by atoms with van der Waals surface area (Å²) in [6.07, 6.45) is 5.64. The molecule has 0 spiro atoms. The molecule has 3 atom stereocenters. The Morgan fingerprint density at radius 1 is 1.33 bits per heavy atom. The van der Waals surface area contributed by atoms with Crippen molar-refractivity contribution in [2.75, 3.05) is 20.7 Å². The van der Waals surface area contributed by atoms with Crippen molar-refractivity contribution in [3.05, 3.63) is 48.0 Å². The van der Waals surface area contributed by atoms with Crippen LogP contribution in [-0.4, -0.2) is 42.5 Å². The largest absolute Gasteiger partial charge is 0.338 e. The Bertz CT molecular complexity index is 629. The number of carbonyl (C=O) groups is 2. The Balaban J connectivity index is 1.79. The van der Waals surface area contributed by atoms with Crippen LogP contribution < -0.4 is 0 Å². The van der Waals surface area contributed by atoms with Crippen molar-refractivity contribution in [2.24, 2.45) is 17.8 Å². The monoisotopic (exact) mass is 328 g/mol. The second kappa shape index (κ2) is 7.18. The van der Waals surface area contributed by atoms with Gasteiger partial charge in [0.2, 0.25) is 11.8 Å². The van der Waals surface area contributed by atoms with Gasteiger partial charge in [0.15, 0.2) is 0 Å². The molecular formula is C19H24N2O3. The van der Waals surface area contributed by atoms with E-state index in [0.29, 0.717) is 13.0 Å². The molecule has 0 saturated carbocycles. The van der Waals surface area contributed by atoms with Gasteiger partial charge >= 0.3 is 0 Å². The number of piperidine rings is 1. The van der Waals surface area contributed by atoms with E-state index >= 15 is 0 Å². The molecule has 128 valence electrons. The van der Waals surface area contributed by atoms with Gasteiger partial charge in [0.05, 0.1) is 18.9 Å². The average molecular weight is 328 g/mol. The van der Waals surface area contributed by atoms with Crippen LogP contribution in [0.5, 0.6) is 0 Å². The van der Waals surface area contributed by atoms with Gasteiger partial charge in [0.1, 0.15) is 0 Å². The summed E-state index contributed by atoms with van der Waals surface area (Å²) in [5.74, 6) is -0.500. The summed E-state index contributed by atoms with van der Waals surface area (Å²) in [6, 6.07) is 9.99. The highest BCUT2D eigenvalue weighted by Gasteiger charge is 2.45. The van der Waals surface area contributed by atoms with E-state index in [-0.39, 0.29) is 29.6 Å². The van der Waals surface area contributed by atoms with Crippen molar-refractivity contribution >= 4 is 11.8 Å². The number of hydroxylamine groups is 2. The third-order valence-corrected chi connectivity index (χ3v) is 5.11. The third-order valence-electron chi connectivity index (χ3n) is 5.11. The van der Waals surface area contributed by atoms with Gasteiger partial charge in [-0.25, -0.2) is 5.06 Å². The van der Waals surface area contributed by atoms with Gasteiger partial charge in [-0.15, -0.1) is 0 Å². The van der Waals surface area contributed by atoms with E-state index in [4.69, 9.17) is 4.84 Å². The summed E-state index contributed by atoms with van der Waals surface area (Å²) in [6.45, 7) is 1.34. The molecule has 3 rings (SSSR count). The molecule has 1 aliphatic carbocycles. The highest BCUT2D eigenvalue weighted by molar-refractivity contribution is 5.88. The van der Waals surface area contributed by atoms with Gasteiger partial charge in [-0.1, -0.05) is 42.5 Å². The second-order valence-electron chi connectivity index (χ2n) is 6.51. The molecule has 1 heterocycles. The molecule has 0 radical (unpaired) electrons. The van der Waals surface area contributed by atoms with Crippen LogP contribution in [-0.2, 0) is 21.0 Å². The SMILES string of the molecule is CON(C)C(=O)[C@H]1CC=C[C@H]2CCN(Cc3ccccc3)C(=O)[C@@H]12. The molecule has 0 unspecified atom stereocenters. The minimum atomic E-state index is -0.337. The first-order valence-corrected chi connectivity index (χ1v) is 8.43. The van der Waals surface area contributed by atoms with Gasteiger partial charge in [0.25, 0.3) is 0 Å². The first kappa shape index (κ1) is 16.7. The third kappa shape index (κ3) is 3.22. The maximum Gasteiger partial charge on any atom is 0.250 e. The number of rotatable bonds is 4. The summed E-state index contributed by atoms with van der Waals surface area (Å²) in [5, 5.41) is 1.24. The summed E-state index contributed by atoms with van der Waals surface area (Å²) >= 11 is 0. The molecule has 1 saturated heterocycles. The molecular weight excluding hydrogens is 304 g/mol. The van der Waals surface area contributed by atoms with Gasteiger partial charge < -0.3 is 4.90 Å². The zero-order chi connectivity index (χ0) is 17.1. The first-order chi connectivity index (χ1) is 11.6. The molecule has 5 nitrogen and oxygen atoms in total. The Kier molecular flexibility index (Phi) is 5.00. The highest BCUT2D eigenvalue weighted by Crippen LogP contribution is 2.38. The molecule has 2 amide bonds. The van der Waals surface area contributed by atoms with Crippen molar-refractivity contribution in [1.29, 1.82) is 0 Å². The lowest BCUT2D eigenvalue weighted by molar-refractivity contribution is -0.178. The van der Waals surface area contributed by atoms with E-state index in [1.807, 2.05) is 41.3 Å². The van der Waals surface area contributed by atoms with E-state index in [1.54, 1.807) is 7.05 Å². The Morgan fingerprint density at radius 3 is 2.79 bits per heavy atom. The standard InChI is InChI=1S/C19H24N2O3/c1-20(24-2)18(22)16-10-6-9-15-11-12-21(19(23)17(15)16)13-14-7-4-3-5-8-14/h3-9,15-17H,10-13H2,1-2H3/t15-,16-,17+/m0/s1. The number of likely N-dealkylation sites (tertiary alicyclic amines) is 1. The number of hydrogen-bond donors (Lipinski definition) is 0. The van der Waals surface area contributed by atoms with E-state index in [1.165, 1.54) is 12.2 Å². The Morgan fingerprint density at radius 2 is 2.08 bits per heavy atom. The Hall–Kier alpha value is -2.14. The molecule has 1 aromatic carbocycles. The van der Waals surface area contributed by atoms with Crippen LogP contribution >= 0.6 is 0 Å². The minimum absolute atomic E-state index is 0.0855. The average Bonchev–Trinajstić information content (AvgIpc) is 2.63. The molecule has 24 heavy (non-hydrogen) atoms. The normalized spacial score (nSPS) is 26.2. The van der Waals surface area contributed by atoms with Crippen LogP contribution in [0.2, 0.25) is 0 Å². The molecule has 1 aromatic rings. The van der Waals surface area contributed by atoms with Crippen LogP contribution in [0.4, 0.5) is 0 Å². The molecule has 0 N–H and O–H groups in total. The second-order valence-corrected chi connectivity index (χ2v) is 6.51. The van der Waals surface area contributed by atoms with Crippen LogP contribution in [0, 0.1) is 17.8 Å². The van der Waals surface area contributed by atoms with E-state index in [2.05, 4.69) is 6.08 Å². The van der Waals surface area contributed by atoms with Crippen LogP contribution in [0.25, 0.3) is 0 Å². The lowest BCUT2D eigenvalue weighted by Crippen LogP contribution is -2.51. The zero-order valence-electron chi connectivity index (χ0n) is 14.2. The van der Waals surface area contributed by atoms with E-state index in [0.717, 1.165) is 18.5 Å². The fourth-order valence-electron chi connectivity index (χ4n) is 3.76. The van der Waals surface area contributed by atoms with E-state index in [9.17, 15) is 9.59 Å². The zero-order valence-corrected chi connectivity index (χ0v) is 14.2. The number of amides is 2. The lowest BCUT2D eigenvalue weighted by Gasteiger charge is -2.42. The number of allylic oxidation sites excluding steroid dienone is 2. The van der Waals surface area contributed by atoms with Crippen LogP contribution in [0.15, 0.2) is 42.5 Å². The van der Waals surface area contributed by atoms with Crippen LogP contribution in [0.1, 0.15) is 18.4 Å². The molecule has 1 fully saturated rings. The predicted molar refractivity (Wildman–Crippen MR) is 90.5 cm³/mol. The number of benzene rings is 1. The molecule has 0 bridgehead atoms. The fraction of sp³-hybridized carbons (Fsp3) is 0.474. The quantitative estimate of drug-likeness (QED) is 0.629. The van der Waals surface area contributed by atoms with Crippen molar-refractivity contribution < 1.29 is 14.4 Å². The molecule has 1 aliphatic heterocycles. The van der Waals surface area contributed by atoms with E-state index < -0.39 is 0 Å². The van der Waals surface area contributed by atoms with Crippen molar-refractivity contribution in [2.45, 2.75) is 19.4 Å². The van der Waals surface area contributed by atoms with Crippen molar-refractivity contribution in [3.8, 4) is 0 Å². The minimum Gasteiger partial charge on any atom is -0.338 e. The highest BCUT2D eigenvalue weighted by atomic mass is 16.7. The van der Waals surface area contributed by atoms with Crippen molar-refractivity contribution in [1.82, 2.24) is 9.96 Å². The maximum atomic E-state index is 13.1. The first-order valence-electron chi connectivity index (χ1n) is 8.43. The lowest BCUT2D eigenvalue weighted by atomic mass is 9.71. The van der Waals surface area contributed by atoms with Crippen molar-refractivity contribution in [3.63, 3.8) is 0 Å². The van der Waals surface area contributed by atoms with Gasteiger partial charge in [-0.3, -0.25) is 14.4 Å². The fourth-order valence-corrected chi connectivity index (χ4v) is 3.76. The number of nitrogens with zero attached hydrogens (tertiary/aromatic N) is 2.